The van der Waals surface area contributed by atoms with Crippen molar-refractivity contribution in [1.29, 1.82) is 0 Å². The lowest BCUT2D eigenvalue weighted by Gasteiger charge is -2.23. The van der Waals surface area contributed by atoms with E-state index in [1.807, 2.05) is 12.3 Å². The third-order valence-corrected chi connectivity index (χ3v) is 10.9. The number of rotatable bonds is 20. The number of hydrogen-bond donors (Lipinski definition) is 0. The summed E-state index contributed by atoms with van der Waals surface area (Å²) >= 11 is 3.28. The number of unbranched alkanes of at least 4 members (excludes halogenated alkanes) is 12. The lowest BCUT2D eigenvalue weighted by atomic mass is 9.93. The molecule has 1 atom stereocenters. The maximum atomic E-state index is 14.2. The summed E-state index contributed by atoms with van der Waals surface area (Å²) in [5.41, 5.74) is 2.50. The quantitative estimate of drug-likeness (QED) is 0.0932. The zero-order valence-electron chi connectivity index (χ0n) is 27.0. The maximum absolute atomic E-state index is 14.2. The SMILES string of the molecule is CCCCCCCCCCC(CCCCCCCC)CN1C(=O)c2c(-c3ccc(C)s3)cnc(-c3ccc(C)s3)c2C1=O. The minimum Gasteiger partial charge on any atom is -0.274 e. The smallest absolute Gasteiger partial charge is 0.263 e. The highest BCUT2D eigenvalue weighted by Crippen LogP contribution is 2.41. The van der Waals surface area contributed by atoms with Gasteiger partial charge in [0.15, 0.2) is 0 Å². The van der Waals surface area contributed by atoms with Crippen molar-refractivity contribution in [2.75, 3.05) is 6.54 Å². The van der Waals surface area contributed by atoms with Crippen LogP contribution in [0, 0.1) is 19.8 Å². The van der Waals surface area contributed by atoms with Gasteiger partial charge in [-0.1, -0.05) is 104 Å². The first kappa shape index (κ1) is 33.6. The van der Waals surface area contributed by atoms with E-state index in [0.29, 0.717) is 29.3 Å². The fourth-order valence-electron chi connectivity index (χ4n) is 6.35. The van der Waals surface area contributed by atoms with Crippen LogP contribution < -0.4 is 0 Å². The molecule has 1 unspecified atom stereocenters. The molecular formula is C37H52N2O2S2. The van der Waals surface area contributed by atoms with Crippen LogP contribution in [0.15, 0.2) is 30.5 Å². The number of aryl methyl sites for hydroxylation is 2. The van der Waals surface area contributed by atoms with Crippen LogP contribution in [-0.4, -0.2) is 28.2 Å². The fourth-order valence-corrected chi connectivity index (χ4v) is 8.10. The molecular weight excluding hydrogens is 569 g/mol. The average molecular weight is 621 g/mol. The zero-order chi connectivity index (χ0) is 30.6. The molecule has 43 heavy (non-hydrogen) atoms. The Labute approximate surface area is 268 Å². The first-order valence-electron chi connectivity index (χ1n) is 17.0. The van der Waals surface area contributed by atoms with Crippen LogP contribution in [0.1, 0.15) is 147 Å². The van der Waals surface area contributed by atoms with E-state index in [-0.39, 0.29) is 11.8 Å². The molecule has 0 N–H and O–H groups in total. The molecule has 1 aliphatic heterocycles. The minimum atomic E-state index is -0.160. The Bertz CT molecular complexity index is 1240. The van der Waals surface area contributed by atoms with Crippen molar-refractivity contribution in [1.82, 2.24) is 9.88 Å². The third-order valence-electron chi connectivity index (χ3n) is 8.85. The van der Waals surface area contributed by atoms with E-state index in [1.165, 1.54) is 99.6 Å². The van der Waals surface area contributed by atoms with Gasteiger partial charge in [0.05, 0.1) is 21.7 Å². The molecule has 1 aliphatic rings. The number of amides is 2. The lowest BCUT2D eigenvalue weighted by molar-refractivity contribution is 0.0622. The number of imide groups is 1. The van der Waals surface area contributed by atoms with Crippen molar-refractivity contribution >= 4 is 34.5 Å². The predicted octanol–water partition coefficient (Wildman–Crippen LogP) is 11.6. The number of thiophene rings is 2. The summed E-state index contributed by atoms with van der Waals surface area (Å²) in [6.07, 6.45) is 21.9. The molecule has 3 aromatic heterocycles. The molecule has 0 radical (unpaired) electrons. The molecule has 0 bridgehead atoms. The van der Waals surface area contributed by atoms with Crippen molar-refractivity contribution in [3.63, 3.8) is 0 Å². The summed E-state index contributed by atoms with van der Waals surface area (Å²) in [6.45, 7) is 9.18. The first-order chi connectivity index (χ1) is 20.9. The van der Waals surface area contributed by atoms with Gasteiger partial charge in [0, 0.05) is 32.9 Å². The molecule has 0 saturated heterocycles. The Morgan fingerprint density at radius 1 is 0.651 bits per heavy atom. The fraction of sp³-hybridized carbons (Fsp3) is 0.595. The summed E-state index contributed by atoms with van der Waals surface area (Å²) in [7, 11) is 0. The number of nitrogens with zero attached hydrogens (tertiary/aromatic N) is 2. The second-order valence-corrected chi connectivity index (χ2v) is 15.1. The number of carbonyl (C=O) groups is 2. The van der Waals surface area contributed by atoms with E-state index in [1.54, 1.807) is 27.6 Å². The molecule has 0 spiro atoms. The van der Waals surface area contributed by atoms with Gasteiger partial charge in [-0.15, -0.1) is 22.7 Å². The van der Waals surface area contributed by atoms with Crippen molar-refractivity contribution in [2.24, 2.45) is 5.92 Å². The summed E-state index contributed by atoms with van der Waals surface area (Å²) in [4.78, 5) is 39.0. The monoisotopic (exact) mass is 620 g/mol. The van der Waals surface area contributed by atoms with Crippen LogP contribution in [0.5, 0.6) is 0 Å². The van der Waals surface area contributed by atoms with Gasteiger partial charge in [0.2, 0.25) is 0 Å². The molecule has 0 aliphatic carbocycles. The molecule has 4 rings (SSSR count). The Morgan fingerprint density at radius 3 is 1.65 bits per heavy atom. The average Bonchev–Trinajstić information content (AvgIpc) is 3.70. The van der Waals surface area contributed by atoms with Crippen molar-refractivity contribution in [3.05, 3.63) is 51.3 Å². The van der Waals surface area contributed by atoms with Crippen LogP contribution in [0.4, 0.5) is 0 Å². The van der Waals surface area contributed by atoms with E-state index < -0.39 is 0 Å². The summed E-state index contributed by atoms with van der Waals surface area (Å²) in [5, 5.41) is 0. The van der Waals surface area contributed by atoms with Crippen molar-refractivity contribution in [3.8, 4) is 21.0 Å². The molecule has 0 aromatic carbocycles. The topological polar surface area (TPSA) is 50.3 Å². The second kappa shape index (κ2) is 17.2. The number of aromatic nitrogens is 1. The lowest BCUT2D eigenvalue weighted by Crippen LogP contribution is -2.34. The highest BCUT2D eigenvalue weighted by molar-refractivity contribution is 7.15. The van der Waals surface area contributed by atoms with E-state index in [9.17, 15) is 9.59 Å². The summed E-state index contributed by atoms with van der Waals surface area (Å²) in [5.74, 6) is 0.0516. The zero-order valence-corrected chi connectivity index (χ0v) is 28.6. The van der Waals surface area contributed by atoms with Gasteiger partial charge in [-0.3, -0.25) is 19.5 Å². The largest absolute Gasteiger partial charge is 0.274 e. The molecule has 4 heterocycles. The van der Waals surface area contributed by atoms with Crippen molar-refractivity contribution < 1.29 is 9.59 Å². The number of carbonyl (C=O) groups excluding carboxylic acids is 2. The van der Waals surface area contributed by atoms with E-state index in [0.717, 1.165) is 28.2 Å². The number of fused-ring (bicyclic) bond motifs is 1. The van der Waals surface area contributed by atoms with Crippen molar-refractivity contribution in [2.45, 2.75) is 130 Å². The molecule has 4 nitrogen and oxygen atoms in total. The predicted molar refractivity (Wildman–Crippen MR) is 184 cm³/mol. The Balaban J connectivity index is 1.51. The van der Waals surface area contributed by atoms with Gasteiger partial charge in [0.1, 0.15) is 0 Å². The molecule has 234 valence electrons. The third kappa shape index (κ3) is 9.11. The Kier molecular flexibility index (Phi) is 13.5. The minimum absolute atomic E-state index is 0.137. The first-order valence-corrected chi connectivity index (χ1v) is 18.6. The molecule has 2 amide bonds. The van der Waals surface area contributed by atoms with Crippen LogP contribution in [0.2, 0.25) is 0 Å². The Morgan fingerprint density at radius 2 is 1.14 bits per heavy atom. The highest BCUT2D eigenvalue weighted by Gasteiger charge is 2.41. The standard InChI is InChI=1S/C37H52N2O2S2/c1-5-7-9-11-13-14-16-18-20-29(19-17-15-12-10-8-6-2)26-39-36(40)33-30(31-23-21-27(3)42-31)25-38-35(34(33)37(39)41)32-24-22-28(4)43-32/h21-25,29H,5-20,26H2,1-4H3. The van der Waals surface area contributed by atoms with Crippen LogP contribution in [0.25, 0.3) is 21.0 Å². The van der Waals surface area contributed by atoms with Gasteiger partial charge in [-0.05, 0) is 56.9 Å². The van der Waals surface area contributed by atoms with E-state index >= 15 is 0 Å². The van der Waals surface area contributed by atoms with Crippen LogP contribution >= 0.6 is 22.7 Å². The van der Waals surface area contributed by atoms with Gasteiger partial charge < -0.3 is 0 Å². The van der Waals surface area contributed by atoms with Crippen LogP contribution in [-0.2, 0) is 0 Å². The van der Waals surface area contributed by atoms with Gasteiger partial charge in [-0.25, -0.2) is 0 Å². The van der Waals surface area contributed by atoms with Gasteiger partial charge in [-0.2, -0.15) is 0 Å². The second-order valence-electron chi connectivity index (χ2n) is 12.5. The molecule has 0 fully saturated rings. The molecule has 3 aromatic rings. The normalized spacial score (nSPS) is 13.7. The number of hydrogen-bond acceptors (Lipinski definition) is 5. The summed E-state index contributed by atoms with van der Waals surface area (Å²) < 4.78 is 0. The number of pyridine rings is 1. The van der Waals surface area contributed by atoms with Gasteiger partial charge >= 0.3 is 0 Å². The van der Waals surface area contributed by atoms with Gasteiger partial charge in [0.25, 0.3) is 11.8 Å². The highest BCUT2D eigenvalue weighted by atomic mass is 32.1. The van der Waals surface area contributed by atoms with E-state index in [2.05, 4.69) is 45.9 Å². The molecule has 6 heteroatoms. The van der Waals surface area contributed by atoms with E-state index in [4.69, 9.17) is 4.98 Å². The Hall–Kier alpha value is -2.31. The van der Waals surface area contributed by atoms with Crippen LogP contribution in [0.3, 0.4) is 0 Å². The molecule has 0 saturated carbocycles. The maximum Gasteiger partial charge on any atom is 0.263 e. The summed E-state index contributed by atoms with van der Waals surface area (Å²) in [6, 6.07) is 8.21.